The van der Waals surface area contributed by atoms with Gasteiger partial charge in [0, 0.05) is 28.6 Å². The molecule has 0 saturated heterocycles. The van der Waals surface area contributed by atoms with E-state index in [1.54, 1.807) is 35.6 Å². The molecule has 1 aromatic carbocycles. The van der Waals surface area contributed by atoms with Crippen LogP contribution in [0.25, 0.3) is 0 Å². The second-order valence-electron chi connectivity index (χ2n) is 4.38. The van der Waals surface area contributed by atoms with Crippen molar-refractivity contribution in [2.24, 2.45) is 0 Å². The first-order valence-electron chi connectivity index (χ1n) is 6.28. The van der Waals surface area contributed by atoms with Crippen molar-refractivity contribution in [3.05, 3.63) is 44.9 Å². The van der Waals surface area contributed by atoms with Crippen LogP contribution >= 0.6 is 22.9 Å². The Morgan fingerprint density at radius 2 is 2.20 bits per heavy atom. The molecule has 106 valence electrons. The first-order chi connectivity index (χ1) is 9.54. The van der Waals surface area contributed by atoms with Crippen LogP contribution in [0.2, 0.25) is 5.02 Å². The van der Waals surface area contributed by atoms with Crippen molar-refractivity contribution < 1.29 is 4.79 Å². The van der Waals surface area contributed by atoms with Crippen LogP contribution in [0, 0.1) is 13.8 Å². The Balaban J connectivity index is 1.79. The summed E-state index contributed by atoms with van der Waals surface area (Å²) in [6, 6.07) is 6.83. The van der Waals surface area contributed by atoms with Crippen molar-refractivity contribution in [2.45, 2.75) is 20.3 Å². The van der Waals surface area contributed by atoms with Gasteiger partial charge in [-0.25, -0.2) is 9.78 Å². The normalized spacial score (nSPS) is 10.3. The lowest BCUT2D eigenvalue weighted by Crippen LogP contribution is -2.30. The van der Waals surface area contributed by atoms with E-state index in [9.17, 15) is 4.79 Å². The van der Waals surface area contributed by atoms with Crippen molar-refractivity contribution in [1.82, 2.24) is 10.3 Å². The minimum Gasteiger partial charge on any atom is -0.338 e. The van der Waals surface area contributed by atoms with E-state index in [0.717, 1.165) is 17.1 Å². The number of nitrogens with one attached hydrogen (secondary N) is 2. The monoisotopic (exact) mass is 309 g/mol. The third-order valence-electron chi connectivity index (χ3n) is 2.72. The zero-order valence-corrected chi connectivity index (χ0v) is 12.9. The summed E-state index contributed by atoms with van der Waals surface area (Å²) in [6.45, 7) is 4.56. The summed E-state index contributed by atoms with van der Waals surface area (Å²) in [5.74, 6) is 0. The van der Waals surface area contributed by atoms with Crippen LogP contribution in [0.3, 0.4) is 0 Å². The lowest BCUT2D eigenvalue weighted by molar-refractivity contribution is 0.252. The molecule has 0 fully saturated rings. The van der Waals surface area contributed by atoms with Gasteiger partial charge in [0.15, 0.2) is 0 Å². The van der Waals surface area contributed by atoms with Gasteiger partial charge in [0.25, 0.3) is 0 Å². The fraction of sp³-hybridized carbons (Fsp3) is 0.286. The molecule has 1 aromatic heterocycles. The van der Waals surface area contributed by atoms with Gasteiger partial charge in [0.1, 0.15) is 0 Å². The number of rotatable bonds is 4. The molecule has 2 rings (SSSR count). The van der Waals surface area contributed by atoms with Gasteiger partial charge >= 0.3 is 6.03 Å². The maximum Gasteiger partial charge on any atom is 0.319 e. The van der Waals surface area contributed by atoms with Gasteiger partial charge in [-0.2, -0.15) is 0 Å². The number of carbonyl (C=O) groups is 1. The van der Waals surface area contributed by atoms with E-state index in [-0.39, 0.29) is 6.03 Å². The van der Waals surface area contributed by atoms with Crippen LogP contribution in [0.15, 0.2) is 24.3 Å². The summed E-state index contributed by atoms with van der Waals surface area (Å²) in [7, 11) is 0. The molecule has 0 aliphatic heterocycles. The summed E-state index contributed by atoms with van der Waals surface area (Å²) in [4.78, 5) is 17.3. The molecule has 0 unspecified atom stereocenters. The minimum absolute atomic E-state index is 0.230. The number of aromatic nitrogens is 1. The van der Waals surface area contributed by atoms with Gasteiger partial charge in [-0.15, -0.1) is 11.3 Å². The number of nitrogens with zero attached hydrogens (tertiary/aromatic N) is 1. The zero-order valence-electron chi connectivity index (χ0n) is 11.4. The van der Waals surface area contributed by atoms with Gasteiger partial charge in [-0.3, -0.25) is 0 Å². The lowest BCUT2D eigenvalue weighted by Gasteiger charge is -2.07. The number of aryl methyl sites for hydroxylation is 2. The van der Waals surface area contributed by atoms with Crippen LogP contribution in [0.1, 0.15) is 15.6 Å². The molecule has 6 heteroatoms. The summed E-state index contributed by atoms with van der Waals surface area (Å²) in [6.07, 6.45) is 0.792. The third-order valence-corrected chi connectivity index (χ3v) is 4.09. The average Bonchev–Trinajstić information content (AvgIpc) is 2.68. The number of urea groups is 1. The maximum absolute atomic E-state index is 11.7. The van der Waals surface area contributed by atoms with Crippen molar-refractivity contribution in [3.8, 4) is 0 Å². The van der Waals surface area contributed by atoms with E-state index < -0.39 is 0 Å². The standard InChI is InChI=1S/C14H16ClN3OS/c1-9-13(20-10(2)17-9)6-7-16-14(19)18-12-5-3-4-11(15)8-12/h3-5,8H,6-7H2,1-2H3,(H2,16,18,19). The van der Waals surface area contributed by atoms with Crippen LogP contribution in [-0.4, -0.2) is 17.6 Å². The number of carbonyl (C=O) groups excluding carboxylic acids is 1. The summed E-state index contributed by atoms with van der Waals surface area (Å²) in [5, 5.41) is 7.22. The van der Waals surface area contributed by atoms with Crippen LogP contribution in [0.5, 0.6) is 0 Å². The van der Waals surface area contributed by atoms with E-state index >= 15 is 0 Å². The number of hydrogen-bond donors (Lipinski definition) is 2. The summed E-state index contributed by atoms with van der Waals surface area (Å²) < 4.78 is 0. The molecule has 20 heavy (non-hydrogen) atoms. The number of benzene rings is 1. The quantitative estimate of drug-likeness (QED) is 0.903. The Kier molecular flexibility index (Phi) is 4.98. The van der Waals surface area contributed by atoms with Gasteiger partial charge in [0.05, 0.1) is 10.7 Å². The van der Waals surface area contributed by atoms with Crippen LogP contribution in [0.4, 0.5) is 10.5 Å². The summed E-state index contributed by atoms with van der Waals surface area (Å²) in [5.41, 5.74) is 1.73. The highest BCUT2D eigenvalue weighted by atomic mass is 35.5. The molecule has 0 radical (unpaired) electrons. The molecule has 0 saturated carbocycles. The van der Waals surface area contributed by atoms with Gasteiger partial charge in [0.2, 0.25) is 0 Å². The first kappa shape index (κ1) is 14.8. The van der Waals surface area contributed by atoms with Gasteiger partial charge < -0.3 is 10.6 Å². The molecule has 0 aliphatic rings. The van der Waals surface area contributed by atoms with Crippen molar-refractivity contribution in [2.75, 3.05) is 11.9 Å². The second-order valence-corrected chi connectivity index (χ2v) is 6.11. The molecule has 2 amide bonds. The highest BCUT2D eigenvalue weighted by Crippen LogP contribution is 2.17. The van der Waals surface area contributed by atoms with Crippen molar-refractivity contribution in [1.29, 1.82) is 0 Å². The Morgan fingerprint density at radius 1 is 1.40 bits per heavy atom. The molecular weight excluding hydrogens is 294 g/mol. The Labute approximate surface area is 127 Å². The number of amides is 2. The Hall–Kier alpha value is -1.59. The van der Waals surface area contributed by atoms with E-state index in [0.29, 0.717) is 17.3 Å². The van der Waals surface area contributed by atoms with Crippen LogP contribution < -0.4 is 10.6 Å². The molecule has 4 nitrogen and oxygen atoms in total. The number of anilines is 1. The highest BCUT2D eigenvalue weighted by Gasteiger charge is 2.06. The molecule has 0 bridgehead atoms. The molecule has 2 aromatic rings. The number of hydrogen-bond acceptors (Lipinski definition) is 3. The van der Waals surface area contributed by atoms with Gasteiger partial charge in [-0.1, -0.05) is 17.7 Å². The largest absolute Gasteiger partial charge is 0.338 e. The van der Waals surface area contributed by atoms with Crippen molar-refractivity contribution in [3.63, 3.8) is 0 Å². The second kappa shape index (κ2) is 6.72. The van der Waals surface area contributed by atoms with Crippen molar-refractivity contribution >= 4 is 34.7 Å². The predicted molar refractivity (Wildman–Crippen MR) is 83.8 cm³/mol. The summed E-state index contributed by atoms with van der Waals surface area (Å²) >= 11 is 7.53. The molecule has 0 aliphatic carbocycles. The van der Waals surface area contributed by atoms with E-state index in [2.05, 4.69) is 15.6 Å². The maximum atomic E-state index is 11.7. The fourth-order valence-electron chi connectivity index (χ4n) is 1.84. The number of thiazole rings is 1. The molecular formula is C14H16ClN3OS. The minimum atomic E-state index is -0.230. The number of halogens is 1. The smallest absolute Gasteiger partial charge is 0.319 e. The first-order valence-corrected chi connectivity index (χ1v) is 7.47. The molecule has 2 N–H and O–H groups in total. The molecule has 1 heterocycles. The third kappa shape index (κ3) is 4.21. The van der Waals surface area contributed by atoms with E-state index in [1.165, 1.54) is 4.88 Å². The van der Waals surface area contributed by atoms with Crippen LogP contribution in [-0.2, 0) is 6.42 Å². The zero-order chi connectivity index (χ0) is 14.5. The topological polar surface area (TPSA) is 54.0 Å². The SMILES string of the molecule is Cc1nc(C)c(CCNC(=O)Nc2cccc(Cl)c2)s1. The average molecular weight is 310 g/mol. The predicted octanol–water partition coefficient (Wildman–Crippen LogP) is 3.78. The van der Waals surface area contributed by atoms with E-state index in [1.807, 2.05) is 13.8 Å². The van der Waals surface area contributed by atoms with Gasteiger partial charge in [-0.05, 0) is 32.0 Å². The molecule has 0 spiro atoms. The molecule has 0 atom stereocenters. The Bertz CT molecular complexity index is 612. The van der Waals surface area contributed by atoms with E-state index in [4.69, 9.17) is 11.6 Å². The highest BCUT2D eigenvalue weighted by molar-refractivity contribution is 7.11. The lowest BCUT2D eigenvalue weighted by atomic mass is 10.3. The Morgan fingerprint density at radius 3 is 2.85 bits per heavy atom. The fourth-order valence-corrected chi connectivity index (χ4v) is 2.96.